The Bertz CT molecular complexity index is 770. The van der Waals surface area contributed by atoms with Crippen LogP contribution in [-0.2, 0) is 11.8 Å². The Morgan fingerprint density at radius 2 is 2.28 bits per heavy atom. The summed E-state index contributed by atoms with van der Waals surface area (Å²) in [6.45, 7) is 0. The van der Waals surface area contributed by atoms with Gasteiger partial charge in [-0.05, 0) is 12.1 Å². The van der Waals surface area contributed by atoms with Crippen molar-refractivity contribution in [3.8, 4) is 0 Å². The minimum absolute atomic E-state index is 0.166. The highest BCUT2D eigenvalue weighted by atomic mass is 16.5. The first-order valence-corrected chi connectivity index (χ1v) is 5.34. The summed E-state index contributed by atoms with van der Waals surface area (Å²) in [5, 5.41) is 0.791. The average Bonchev–Trinajstić information content (AvgIpc) is 2.90. The van der Waals surface area contributed by atoms with Crippen molar-refractivity contribution in [1.82, 2.24) is 9.55 Å². The van der Waals surface area contributed by atoms with Crippen LogP contribution in [0.25, 0.3) is 22.0 Å². The van der Waals surface area contributed by atoms with Gasteiger partial charge in [0.15, 0.2) is 0 Å². The number of ether oxygens (including phenoxy) is 1. The lowest BCUT2D eigenvalue weighted by molar-refractivity contribution is 0.0567. The van der Waals surface area contributed by atoms with Gasteiger partial charge in [0.25, 0.3) is 0 Å². The van der Waals surface area contributed by atoms with E-state index in [0.717, 1.165) is 16.4 Å². The van der Waals surface area contributed by atoms with E-state index in [-0.39, 0.29) is 5.76 Å². The fourth-order valence-corrected chi connectivity index (χ4v) is 2.04. The monoisotopic (exact) mass is 245 g/mol. The molecular weight excluding hydrogens is 234 g/mol. The molecule has 18 heavy (non-hydrogen) atoms. The lowest BCUT2D eigenvalue weighted by atomic mass is 10.2. The van der Waals surface area contributed by atoms with E-state index in [1.54, 1.807) is 22.8 Å². The normalized spacial score (nSPS) is 11.2. The first kappa shape index (κ1) is 10.6. The number of imidazole rings is 1. The summed E-state index contributed by atoms with van der Waals surface area (Å²) in [7, 11) is 3.13. The molecule has 0 saturated heterocycles. The summed E-state index contributed by atoms with van der Waals surface area (Å²) in [5.74, 6) is 0.0765. The van der Waals surface area contributed by atoms with Crippen LogP contribution in [0.3, 0.4) is 0 Å². The molecule has 2 heterocycles. The maximum absolute atomic E-state index is 11.4. The van der Waals surface area contributed by atoms with Crippen LogP contribution in [0, 0.1) is 0 Å². The number of fused-ring (bicyclic) bond motifs is 3. The van der Waals surface area contributed by atoms with E-state index in [1.165, 1.54) is 7.11 Å². The summed E-state index contributed by atoms with van der Waals surface area (Å²) in [6.07, 6.45) is 0. The summed E-state index contributed by atoms with van der Waals surface area (Å²) < 4.78 is 11.8. The van der Waals surface area contributed by atoms with Crippen LogP contribution in [0.2, 0.25) is 0 Å². The molecule has 0 spiro atoms. The van der Waals surface area contributed by atoms with Crippen molar-refractivity contribution in [2.75, 3.05) is 12.8 Å². The van der Waals surface area contributed by atoms with E-state index in [4.69, 9.17) is 10.2 Å². The number of hydrogen-bond donors (Lipinski definition) is 1. The minimum atomic E-state index is -0.505. The number of furan rings is 1. The molecule has 0 saturated carbocycles. The van der Waals surface area contributed by atoms with Gasteiger partial charge in [0.2, 0.25) is 11.7 Å². The number of esters is 1. The van der Waals surface area contributed by atoms with Crippen LogP contribution >= 0.6 is 0 Å². The number of methoxy groups -OCH3 is 1. The first-order chi connectivity index (χ1) is 8.61. The molecule has 1 aromatic carbocycles. The van der Waals surface area contributed by atoms with Gasteiger partial charge >= 0.3 is 5.97 Å². The van der Waals surface area contributed by atoms with Crippen LogP contribution in [-0.4, -0.2) is 22.6 Å². The van der Waals surface area contributed by atoms with Gasteiger partial charge < -0.3 is 19.5 Å². The van der Waals surface area contributed by atoms with Crippen molar-refractivity contribution in [3.63, 3.8) is 0 Å². The van der Waals surface area contributed by atoms with Crippen LogP contribution < -0.4 is 5.73 Å². The van der Waals surface area contributed by atoms with Crippen molar-refractivity contribution >= 4 is 33.9 Å². The predicted octanol–water partition coefficient (Wildman–Crippen LogP) is 1.69. The predicted molar refractivity (Wildman–Crippen MR) is 66.2 cm³/mol. The minimum Gasteiger partial charge on any atom is -0.463 e. The molecule has 2 N–H and O–H groups in total. The number of aromatic nitrogens is 2. The molecule has 6 heteroatoms. The van der Waals surface area contributed by atoms with Gasteiger partial charge in [0.1, 0.15) is 5.58 Å². The molecule has 0 aliphatic heterocycles. The van der Waals surface area contributed by atoms with E-state index in [0.29, 0.717) is 11.5 Å². The Morgan fingerprint density at radius 1 is 1.50 bits per heavy atom. The first-order valence-electron chi connectivity index (χ1n) is 5.34. The highest BCUT2D eigenvalue weighted by Gasteiger charge is 2.16. The molecule has 0 amide bonds. The molecule has 3 rings (SSSR count). The lowest BCUT2D eigenvalue weighted by Crippen LogP contribution is -1.98. The number of nitrogens with two attached hydrogens (primary N) is 1. The second kappa shape index (κ2) is 3.49. The number of nitrogens with zero attached hydrogens (tertiary/aromatic N) is 2. The summed E-state index contributed by atoms with van der Waals surface area (Å²) in [4.78, 5) is 15.7. The van der Waals surface area contributed by atoms with Gasteiger partial charge in [-0.1, -0.05) is 0 Å². The van der Waals surface area contributed by atoms with Crippen LogP contribution in [0.1, 0.15) is 10.6 Å². The average molecular weight is 245 g/mol. The summed E-state index contributed by atoms with van der Waals surface area (Å²) in [5.41, 5.74) is 7.97. The van der Waals surface area contributed by atoms with Crippen LogP contribution in [0.15, 0.2) is 22.6 Å². The molecule has 92 valence electrons. The molecule has 0 bridgehead atoms. The van der Waals surface area contributed by atoms with E-state index in [1.807, 2.05) is 7.05 Å². The highest BCUT2D eigenvalue weighted by molar-refractivity contribution is 6.06. The second-order valence-electron chi connectivity index (χ2n) is 3.98. The zero-order valence-electron chi connectivity index (χ0n) is 9.93. The largest absolute Gasteiger partial charge is 0.463 e. The van der Waals surface area contributed by atoms with Crippen molar-refractivity contribution in [2.24, 2.45) is 7.05 Å². The number of hydrogen-bond acceptors (Lipinski definition) is 5. The Hall–Kier alpha value is -2.50. The smallest absolute Gasteiger partial charge is 0.373 e. The Morgan fingerprint density at radius 3 is 3.00 bits per heavy atom. The van der Waals surface area contributed by atoms with Gasteiger partial charge in [0.05, 0.1) is 18.1 Å². The molecule has 0 unspecified atom stereocenters. The van der Waals surface area contributed by atoms with Gasteiger partial charge in [-0.3, -0.25) is 0 Å². The second-order valence-corrected chi connectivity index (χ2v) is 3.98. The third-order valence-corrected chi connectivity index (χ3v) is 2.95. The molecule has 0 aliphatic rings. The standard InChI is InChI=1S/C12H11N3O3/c1-15-10-6-5-9(11(16)17-2)18-8(6)4-3-7(10)14-12(15)13/h3-5H,1-2H3,(H2,13,14). The maximum Gasteiger partial charge on any atom is 0.373 e. The number of rotatable bonds is 1. The summed E-state index contributed by atoms with van der Waals surface area (Å²) >= 11 is 0. The quantitative estimate of drug-likeness (QED) is 0.659. The number of carbonyl (C=O) groups is 1. The number of nitrogen functional groups attached to an aromatic ring is 1. The zero-order chi connectivity index (χ0) is 12.9. The van der Waals surface area contributed by atoms with Crippen LogP contribution in [0.5, 0.6) is 0 Å². The third kappa shape index (κ3) is 1.29. The zero-order valence-corrected chi connectivity index (χ0v) is 9.93. The summed E-state index contributed by atoms with van der Waals surface area (Å²) in [6, 6.07) is 5.21. The molecule has 3 aromatic rings. The van der Waals surface area contributed by atoms with E-state index in [9.17, 15) is 4.79 Å². The Kier molecular flexibility index (Phi) is 2.07. The Balaban J connectivity index is 2.39. The number of carbonyl (C=O) groups excluding carboxylic acids is 1. The van der Waals surface area contributed by atoms with E-state index in [2.05, 4.69) is 9.72 Å². The van der Waals surface area contributed by atoms with Gasteiger partial charge in [0, 0.05) is 18.5 Å². The van der Waals surface area contributed by atoms with Crippen molar-refractivity contribution < 1.29 is 13.9 Å². The fourth-order valence-electron chi connectivity index (χ4n) is 2.04. The molecule has 6 nitrogen and oxygen atoms in total. The van der Waals surface area contributed by atoms with E-state index >= 15 is 0 Å². The molecule has 0 aliphatic carbocycles. The molecule has 0 atom stereocenters. The highest BCUT2D eigenvalue weighted by Crippen LogP contribution is 2.29. The molecule has 2 aromatic heterocycles. The van der Waals surface area contributed by atoms with Gasteiger partial charge in [-0.25, -0.2) is 9.78 Å². The number of anilines is 1. The topological polar surface area (TPSA) is 83.3 Å². The van der Waals surface area contributed by atoms with Crippen molar-refractivity contribution in [3.05, 3.63) is 24.0 Å². The third-order valence-electron chi connectivity index (χ3n) is 2.95. The number of benzene rings is 1. The maximum atomic E-state index is 11.4. The van der Waals surface area contributed by atoms with Crippen LogP contribution in [0.4, 0.5) is 5.95 Å². The fraction of sp³-hybridized carbons (Fsp3) is 0.167. The molecule has 0 fully saturated rings. The van der Waals surface area contributed by atoms with Gasteiger partial charge in [-0.15, -0.1) is 0 Å². The lowest BCUT2D eigenvalue weighted by Gasteiger charge is -1.96. The van der Waals surface area contributed by atoms with Crippen molar-refractivity contribution in [1.29, 1.82) is 0 Å². The Labute approximate surface area is 102 Å². The van der Waals surface area contributed by atoms with Crippen molar-refractivity contribution in [2.45, 2.75) is 0 Å². The van der Waals surface area contributed by atoms with Gasteiger partial charge in [-0.2, -0.15) is 0 Å². The SMILES string of the molecule is COC(=O)c1cc2c(ccc3nc(N)n(C)c32)o1. The number of aryl methyl sites for hydroxylation is 1. The van der Waals surface area contributed by atoms with E-state index < -0.39 is 5.97 Å². The molecular formula is C12H11N3O3. The molecule has 0 radical (unpaired) electrons.